The van der Waals surface area contributed by atoms with Crippen molar-refractivity contribution >= 4 is 22.3 Å². The lowest BCUT2D eigenvalue weighted by atomic mass is 10.2. The molecule has 4 aromatic rings. The van der Waals surface area contributed by atoms with E-state index in [2.05, 4.69) is 0 Å². The minimum Gasteiger partial charge on any atom is -0.490 e. The first-order valence-corrected chi connectivity index (χ1v) is 9.10. The van der Waals surface area contributed by atoms with Crippen molar-refractivity contribution in [1.29, 1.82) is 0 Å². The van der Waals surface area contributed by atoms with E-state index in [0.717, 1.165) is 10.6 Å². The van der Waals surface area contributed by atoms with Gasteiger partial charge in [0.2, 0.25) is 0 Å². The molecule has 0 aliphatic rings. The molecule has 0 saturated heterocycles. The molecule has 0 fully saturated rings. The molecule has 0 spiro atoms. The van der Waals surface area contributed by atoms with Gasteiger partial charge < -0.3 is 13.9 Å². The van der Waals surface area contributed by atoms with Crippen LogP contribution in [-0.4, -0.2) is 13.2 Å². The Kier molecular flexibility index (Phi) is 4.71. The topological polar surface area (TPSA) is 48.7 Å². The van der Waals surface area contributed by atoms with Crippen LogP contribution in [0.5, 0.6) is 11.5 Å². The van der Waals surface area contributed by atoms with E-state index in [4.69, 9.17) is 13.9 Å². The van der Waals surface area contributed by atoms with E-state index in [1.807, 2.05) is 53.9 Å². The van der Waals surface area contributed by atoms with Gasteiger partial charge in [0.1, 0.15) is 41.4 Å². The number of hydrogen-bond donors (Lipinski definition) is 0. The van der Waals surface area contributed by atoms with Crippen molar-refractivity contribution in [1.82, 2.24) is 0 Å². The van der Waals surface area contributed by atoms with Crippen LogP contribution in [0.2, 0.25) is 0 Å². The molecule has 0 amide bonds. The molecule has 26 heavy (non-hydrogen) atoms. The predicted octanol–water partition coefficient (Wildman–Crippen LogP) is 4.98. The van der Waals surface area contributed by atoms with Crippen LogP contribution in [0.3, 0.4) is 0 Å². The minimum absolute atomic E-state index is 0.116. The van der Waals surface area contributed by atoms with Crippen molar-refractivity contribution in [3.8, 4) is 22.1 Å². The molecule has 4 rings (SSSR count). The Balaban J connectivity index is 1.53. The maximum absolute atomic E-state index is 12.6. The van der Waals surface area contributed by atoms with E-state index in [1.54, 1.807) is 12.1 Å². The molecule has 4 nitrogen and oxygen atoms in total. The average molecular weight is 364 g/mol. The highest BCUT2D eigenvalue weighted by atomic mass is 32.1. The molecule has 0 radical (unpaired) electrons. The molecule has 0 atom stereocenters. The third-order valence-electron chi connectivity index (χ3n) is 3.83. The molecule has 0 saturated carbocycles. The molecule has 2 heterocycles. The minimum atomic E-state index is -0.116. The zero-order valence-corrected chi connectivity index (χ0v) is 14.7. The molecule has 0 aliphatic carbocycles. The summed E-state index contributed by atoms with van der Waals surface area (Å²) in [6, 6.07) is 20.3. The number of thiophene rings is 1. The summed E-state index contributed by atoms with van der Waals surface area (Å²) in [4.78, 5) is 13.5. The molecule has 0 unspecified atom stereocenters. The largest absolute Gasteiger partial charge is 0.490 e. The van der Waals surface area contributed by atoms with Gasteiger partial charge in [-0.1, -0.05) is 30.3 Å². The lowest BCUT2D eigenvalue weighted by Gasteiger charge is -2.10. The number of hydrogen-bond acceptors (Lipinski definition) is 5. The zero-order chi connectivity index (χ0) is 17.8. The molecule has 0 bridgehead atoms. The van der Waals surface area contributed by atoms with Crippen molar-refractivity contribution in [2.45, 2.75) is 0 Å². The fourth-order valence-electron chi connectivity index (χ4n) is 2.67. The van der Waals surface area contributed by atoms with E-state index in [-0.39, 0.29) is 5.43 Å². The third kappa shape index (κ3) is 3.48. The number of ether oxygens (including phenoxy) is 2. The molecule has 0 N–H and O–H groups in total. The fraction of sp³-hybridized carbons (Fsp3) is 0.0952. The van der Waals surface area contributed by atoms with Gasteiger partial charge >= 0.3 is 0 Å². The highest BCUT2D eigenvalue weighted by Gasteiger charge is 2.12. The standard InChI is InChI=1S/C21H16O4S/c22-16-14-19(20-10-5-13-26-20)25-18-9-4-8-17(21(16)18)24-12-11-23-15-6-2-1-3-7-15/h1-10,13-14H,11-12H2. The van der Waals surface area contributed by atoms with Gasteiger partial charge in [0.15, 0.2) is 5.43 Å². The second-order valence-corrected chi connectivity index (χ2v) is 6.54. The van der Waals surface area contributed by atoms with Gasteiger partial charge in [-0.2, -0.15) is 0 Å². The first-order valence-electron chi connectivity index (χ1n) is 8.23. The summed E-state index contributed by atoms with van der Waals surface area (Å²) in [6.45, 7) is 0.721. The second kappa shape index (κ2) is 7.45. The van der Waals surface area contributed by atoms with Crippen molar-refractivity contribution in [2.75, 3.05) is 13.2 Å². The average Bonchev–Trinajstić information content (AvgIpc) is 3.21. The summed E-state index contributed by atoms with van der Waals surface area (Å²) < 4.78 is 17.3. The molecular weight excluding hydrogens is 348 g/mol. The molecule has 0 aliphatic heterocycles. The first kappa shape index (κ1) is 16.4. The highest BCUT2D eigenvalue weighted by Crippen LogP contribution is 2.29. The third-order valence-corrected chi connectivity index (χ3v) is 4.72. The van der Waals surface area contributed by atoms with Gasteiger partial charge in [-0.3, -0.25) is 4.79 Å². The van der Waals surface area contributed by atoms with Gasteiger partial charge in [0, 0.05) is 6.07 Å². The van der Waals surface area contributed by atoms with E-state index >= 15 is 0 Å². The van der Waals surface area contributed by atoms with Crippen molar-refractivity contribution < 1.29 is 13.9 Å². The Morgan fingerprint density at radius 2 is 1.73 bits per heavy atom. The predicted molar refractivity (Wildman–Crippen MR) is 103 cm³/mol. The second-order valence-electron chi connectivity index (χ2n) is 5.59. The van der Waals surface area contributed by atoms with E-state index in [0.29, 0.717) is 35.7 Å². The first-order chi connectivity index (χ1) is 12.8. The highest BCUT2D eigenvalue weighted by molar-refractivity contribution is 7.13. The van der Waals surface area contributed by atoms with Crippen LogP contribution in [-0.2, 0) is 0 Å². The van der Waals surface area contributed by atoms with Crippen molar-refractivity contribution in [3.63, 3.8) is 0 Å². The van der Waals surface area contributed by atoms with Crippen molar-refractivity contribution in [2.24, 2.45) is 0 Å². The number of benzene rings is 2. The van der Waals surface area contributed by atoms with E-state index in [9.17, 15) is 4.79 Å². The molecular formula is C21H16O4S. The van der Waals surface area contributed by atoms with Crippen LogP contribution >= 0.6 is 11.3 Å². The normalized spacial score (nSPS) is 10.8. The summed E-state index contributed by atoms with van der Waals surface area (Å²) in [7, 11) is 0. The van der Waals surface area contributed by atoms with E-state index in [1.165, 1.54) is 17.4 Å². The summed E-state index contributed by atoms with van der Waals surface area (Å²) in [5.41, 5.74) is 0.400. The number of para-hydroxylation sites is 1. The molecule has 130 valence electrons. The van der Waals surface area contributed by atoms with E-state index < -0.39 is 0 Å². The maximum atomic E-state index is 12.6. The lowest BCUT2D eigenvalue weighted by Crippen LogP contribution is -2.11. The van der Waals surface area contributed by atoms with Gasteiger partial charge in [0.25, 0.3) is 0 Å². The van der Waals surface area contributed by atoms with Crippen LogP contribution < -0.4 is 14.9 Å². The van der Waals surface area contributed by atoms with Crippen LogP contribution in [0, 0.1) is 0 Å². The van der Waals surface area contributed by atoms with Crippen LogP contribution in [0.1, 0.15) is 0 Å². The Hall–Kier alpha value is -3.05. The van der Waals surface area contributed by atoms with Crippen LogP contribution in [0.15, 0.2) is 81.3 Å². The van der Waals surface area contributed by atoms with Crippen LogP contribution in [0.4, 0.5) is 0 Å². The Morgan fingerprint density at radius 3 is 2.54 bits per heavy atom. The maximum Gasteiger partial charge on any atom is 0.197 e. The Morgan fingerprint density at radius 1 is 0.885 bits per heavy atom. The van der Waals surface area contributed by atoms with Gasteiger partial charge in [-0.05, 0) is 35.7 Å². The molecule has 2 aromatic heterocycles. The lowest BCUT2D eigenvalue weighted by molar-refractivity contribution is 0.218. The molecule has 2 aromatic carbocycles. The van der Waals surface area contributed by atoms with Gasteiger partial charge in [-0.25, -0.2) is 0 Å². The Bertz CT molecular complexity index is 1050. The SMILES string of the molecule is O=c1cc(-c2cccs2)oc2cccc(OCCOc3ccccc3)c12. The van der Waals surface area contributed by atoms with Crippen molar-refractivity contribution in [3.05, 3.63) is 82.3 Å². The number of fused-ring (bicyclic) bond motifs is 1. The Labute approximate surface area is 154 Å². The molecule has 5 heteroatoms. The van der Waals surface area contributed by atoms with Gasteiger partial charge in [-0.15, -0.1) is 11.3 Å². The summed E-state index contributed by atoms with van der Waals surface area (Å²) in [5.74, 6) is 1.86. The fourth-order valence-corrected chi connectivity index (χ4v) is 3.34. The zero-order valence-electron chi connectivity index (χ0n) is 13.9. The van der Waals surface area contributed by atoms with Gasteiger partial charge in [0.05, 0.1) is 4.88 Å². The number of rotatable bonds is 6. The smallest absolute Gasteiger partial charge is 0.197 e. The summed E-state index contributed by atoms with van der Waals surface area (Å²) in [5, 5.41) is 2.40. The monoisotopic (exact) mass is 364 g/mol. The van der Waals surface area contributed by atoms with Crippen LogP contribution in [0.25, 0.3) is 21.6 Å². The quantitative estimate of drug-likeness (QED) is 0.453. The summed E-state index contributed by atoms with van der Waals surface area (Å²) >= 11 is 1.53. The summed E-state index contributed by atoms with van der Waals surface area (Å²) in [6.07, 6.45) is 0.